The van der Waals surface area contributed by atoms with Gasteiger partial charge in [-0.15, -0.1) is 0 Å². The number of sulfonamides is 1. The minimum atomic E-state index is -3.68. The van der Waals surface area contributed by atoms with Crippen LogP contribution in [0.4, 0.5) is 11.4 Å². The number of aromatic nitrogens is 3. The van der Waals surface area contributed by atoms with Crippen molar-refractivity contribution in [1.29, 1.82) is 0 Å². The van der Waals surface area contributed by atoms with Crippen molar-refractivity contribution in [3.8, 4) is 0 Å². The van der Waals surface area contributed by atoms with Crippen molar-refractivity contribution in [2.75, 3.05) is 16.6 Å². The summed E-state index contributed by atoms with van der Waals surface area (Å²) in [6.07, 6.45) is 5.89. The predicted octanol–water partition coefficient (Wildman–Crippen LogP) is 1.05. The van der Waals surface area contributed by atoms with Gasteiger partial charge in [0.15, 0.2) is 0 Å². The average molecular weight is 281 g/mol. The molecule has 0 atom stereocenters. The van der Waals surface area contributed by atoms with Crippen molar-refractivity contribution in [2.24, 2.45) is 7.05 Å². The Morgan fingerprint density at radius 3 is 2.79 bits per heavy atom. The van der Waals surface area contributed by atoms with Crippen molar-refractivity contribution in [3.05, 3.63) is 30.9 Å². The summed E-state index contributed by atoms with van der Waals surface area (Å²) in [6.45, 7) is 2.52. The summed E-state index contributed by atoms with van der Waals surface area (Å²) >= 11 is 0. The highest BCUT2D eigenvalue weighted by Crippen LogP contribution is 2.22. The van der Waals surface area contributed by atoms with Crippen LogP contribution in [0, 0.1) is 0 Å². The molecule has 0 radical (unpaired) electrons. The van der Waals surface area contributed by atoms with Gasteiger partial charge < -0.3 is 5.32 Å². The number of hydrogen-bond donors (Lipinski definition) is 2. The third-order valence-corrected chi connectivity index (χ3v) is 3.81. The number of hydrogen-bond acceptors (Lipinski definition) is 5. The van der Waals surface area contributed by atoms with Crippen LogP contribution >= 0.6 is 0 Å². The van der Waals surface area contributed by atoms with Gasteiger partial charge in [-0.3, -0.25) is 14.4 Å². The van der Waals surface area contributed by atoms with Gasteiger partial charge in [0.25, 0.3) is 10.0 Å². The third-order valence-electron chi connectivity index (χ3n) is 2.40. The second kappa shape index (κ2) is 5.27. The van der Waals surface area contributed by atoms with E-state index in [9.17, 15) is 8.42 Å². The monoisotopic (exact) mass is 281 g/mol. The fourth-order valence-corrected chi connectivity index (χ4v) is 2.77. The molecule has 0 spiro atoms. The first-order valence-electron chi connectivity index (χ1n) is 5.72. The molecule has 2 rings (SSSR count). The SMILES string of the molecule is CCNc1ccncc1S(=O)(=O)Nc1cnn(C)c1. The second-order valence-electron chi connectivity index (χ2n) is 3.91. The van der Waals surface area contributed by atoms with E-state index in [1.165, 1.54) is 17.1 Å². The number of pyridine rings is 1. The number of rotatable bonds is 5. The molecule has 0 saturated carbocycles. The molecule has 0 aliphatic rings. The first-order chi connectivity index (χ1) is 9.03. The van der Waals surface area contributed by atoms with Crippen LogP contribution in [0.2, 0.25) is 0 Å². The Morgan fingerprint density at radius 2 is 2.16 bits per heavy atom. The van der Waals surface area contributed by atoms with Crippen molar-refractivity contribution in [1.82, 2.24) is 14.8 Å². The Balaban J connectivity index is 2.34. The first-order valence-corrected chi connectivity index (χ1v) is 7.20. The van der Waals surface area contributed by atoms with Gasteiger partial charge in [0.1, 0.15) is 4.90 Å². The van der Waals surface area contributed by atoms with E-state index in [0.29, 0.717) is 17.9 Å². The van der Waals surface area contributed by atoms with Crippen molar-refractivity contribution >= 4 is 21.4 Å². The summed E-state index contributed by atoms with van der Waals surface area (Å²) in [6, 6.07) is 1.63. The Morgan fingerprint density at radius 1 is 1.37 bits per heavy atom. The molecule has 102 valence electrons. The third kappa shape index (κ3) is 3.02. The summed E-state index contributed by atoms with van der Waals surface area (Å²) in [4.78, 5) is 3.97. The molecule has 8 heteroatoms. The molecular formula is C11H15N5O2S. The summed E-state index contributed by atoms with van der Waals surface area (Å²) in [5, 5.41) is 6.90. The Bertz CT molecular complexity index is 665. The van der Waals surface area contributed by atoms with E-state index in [2.05, 4.69) is 20.1 Å². The maximum absolute atomic E-state index is 12.3. The zero-order valence-corrected chi connectivity index (χ0v) is 11.5. The molecule has 19 heavy (non-hydrogen) atoms. The summed E-state index contributed by atoms with van der Waals surface area (Å²) in [5.41, 5.74) is 0.933. The highest BCUT2D eigenvalue weighted by atomic mass is 32.2. The lowest BCUT2D eigenvalue weighted by atomic mass is 10.4. The zero-order valence-electron chi connectivity index (χ0n) is 10.7. The second-order valence-corrected chi connectivity index (χ2v) is 5.56. The van der Waals surface area contributed by atoms with E-state index < -0.39 is 10.0 Å². The molecule has 0 fully saturated rings. The molecule has 2 aromatic heterocycles. The van der Waals surface area contributed by atoms with E-state index >= 15 is 0 Å². The lowest BCUT2D eigenvalue weighted by Gasteiger charge is -2.11. The quantitative estimate of drug-likeness (QED) is 0.855. The largest absolute Gasteiger partial charge is 0.384 e. The summed E-state index contributed by atoms with van der Waals surface area (Å²) in [5.74, 6) is 0. The molecule has 0 amide bonds. The fourth-order valence-electron chi connectivity index (χ4n) is 1.61. The Hall–Kier alpha value is -2.09. The summed E-state index contributed by atoms with van der Waals surface area (Å²) in [7, 11) is -1.97. The number of nitrogens with one attached hydrogen (secondary N) is 2. The van der Waals surface area contributed by atoms with Crippen LogP contribution in [0.1, 0.15) is 6.92 Å². The van der Waals surface area contributed by atoms with Crippen LogP contribution in [-0.4, -0.2) is 29.7 Å². The van der Waals surface area contributed by atoms with Gasteiger partial charge in [-0.2, -0.15) is 5.10 Å². The minimum Gasteiger partial charge on any atom is -0.384 e. The average Bonchev–Trinajstić information content (AvgIpc) is 2.75. The van der Waals surface area contributed by atoms with E-state index in [-0.39, 0.29) is 4.90 Å². The lowest BCUT2D eigenvalue weighted by molar-refractivity contribution is 0.601. The molecule has 2 N–H and O–H groups in total. The smallest absolute Gasteiger partial charge is 0.265 e. The van der Waals surface area contributed by atoms with E-state index in [1.54, 1.807) is 25.5 Å². The molecule has 0 bridgehead atoms. The van der Waals surface area contributed by atoms with Crippen LogP contribution < -0.4 is 10.0 Å². The Kier molecular flexibility index (Phi) is 3.70. The molecule has 0 aliphatic heterocycles. The van der Waals surface area contributed by atoms with Crippen LogP contribution in [0.25, 0.3) is 0 Å². The van der Waals surface area contributed by atoms with Crippen molar-refractivity contribution < 1.29 is 8.42 Å². The van der Waals surface area contributed by atoms with Gasteiger partial charge in [0.2, 0.25) is 0 Å². The van der Waals surface area contributed by atoms with Gasteiger partial charge in [-0.05, 0) is 13.0 Å². The van der Waals surface area contributed by atoms with Crippen LogP contribution in [0.5, 0.6) is 0 Å². The standard InChI is InChI=1S/C11H15N5O2S/c1-3-13-10-4-5-12-7-11(10)19(17,18)15-9-6-14-16(2)8-9/h4-8,15H,3H2,1-2H3,(H,12,13). The Labute approximate surface area is 111 Å². The fraction of sp³-hybridized carbons (Fsp3) is 0.273. The number of aryl methyl sites for hydroxylation is 1. The molecule has 2 heterocycles. The van der Waals surface area contributed by atoms with Crippen molar-refractivity contribution in [3.63, 3.8) is 0 Å². The molecule has 0 unspecified atom stereocenters. The van der Waals surface area contributed by atoms with E-state index in [4.69, 9.17) is 0 Å². The number of anilines is 2. The van der Waals surface area contributed by atoms with Gasteiger partial charge in [0.05, 0.1) is 17.6 Å². The van der Waals surface area contributed by atoms with E-state index in [1.807, 2.05) is 6.92 Å². The predicted molar refractivity (Wildman–Crippen MR) is 72.4 cm³/mol. The normalized spacial score (nSPS) is 11.3. The minimum absolute atomic E-state index is 0.112. The molecule has 0 aromatic carbocycles. The lowest BCUT2D eigenvalue weighted by Crippen LogP contribution is -2.15. The molecule has 2 aromatic rings. The maximum atomic E-state index is 12.3. The molecule has 0 aliphatic carbocycles. The summed E-state index contributed by atoms with van der Waals surface area (Å²) < 4.78 is 28.5. The topological polar surface area (TPSA) is 88.9 Å². The maximum Gasteiger partial charge on any atom is 0.265 e. The molecule has 0 saturated heterocycles. The first kappa shape index (κ1) is 13.3. The highest BCUT2D eigenvalue weighted by Gasteiger charge is 2.19. The molecular weight excluding hydrogens is 266 g/mol. The molecule has 7 nitrogen and oxygen atoms in total. The van der Waals surface area contributed by atoms with Gasteiger partial charge >= 0.3 is 0 Å². The number of nitrogens with zero attached hydrogens (tertiary/aromatic N) is 3. The van der Waals surface area contributed by atoms with Crippen LogP contribution in [0.3, 0.4) is 0 Å². The van der Waals surface area contributed by atoms with Gasteiger partial charge in [0, 0.05) is 32.2 Å². The van der Waals surface area contributed by atoms with Gasteiger partial charge in [-0.25, -0.2) is 8.42 Å². The van der Waals surface area contributed by atoms with Crippen LogP contribution in [0.15, 0.2) is 35.7 Å². The van der Waals surface area contributed by atoms with Crippen LogP contribution in [-0.2, 0) is 17.1 Å². The van der Waals surface area contributed by atoms with Crippen molar-refractivity contribution in [2.45, 2.75) is 11.8 Å². The highest BCUT2D eigenvalue weighted by molar-refractivity contribution is 7.92. The van der Waals surface area contributed by atoms with Gasteiger partial charge in [-0.1, -0.05) is 0 Å². The van der Waals surface area contributed by atoms with E-state index in [0.717, 1.165) is 0 Å². The zero-order chi connectivity index (χ0) is 13.9.